The lowest BCUT2D eigenvalue weighted by Crippen LogP contribution is -2.38. The number of nitrogens with zero attached hydrogens (tertiary/aromatic N) is 1. The second-order valence-corrected chi connectivity index (χ2v) is 4.80. The van der Waals surface area contributed by atoms with Gasteiger partial charge in [-0.3, -0.25) is 4.79 Å². The summed E-state index contributed by atoms with van der Waals surface area (Å²) < 4.78 is 10.5. The highest BCUT2D eigenvalue weighted by molar-refractivity contribution is 5.95. The van der Waals surface area contributed by atoms with E-state index in [0.717, 1.165) is 6.42 Å². The minimum absolute atomic E-state index is 0.00162. The SMILES string of the molecule is CC(C)N(CCCN)C(=O)c1ccc2c(c1)OCO2. The van der Waals surface area contributed by atoms with Gasteiger partial charge in [0.05, 0.1) is 0 Å². The lowest BCUT2D eigenvalue weighted by atomic mass is 10.1. The fraction of sp³-hybridized carbons (Fsp3) is 0.500. The van der Waals surface area contributed by atoms with Gasteiger partial charge in [0.15, 0.2) is 11.5 Å². The highest BCUT2D eigenvalue weighted by atomic mass is 16.7. The van der Waals surface area contributed by atoms with Crippen LogP contribution >= 0.6 is 0 Å². The third kappa shape index (κ3) is 2.98. The maximum absolute atomic E-state index is 12.5. The van der Waals surface area contributed by atoms with E-state index >= 15 is 0 Å². The van der Waals surface area contributed by atoms with Crippen LogP contribution in [0.1, 0.15) is 30.6 Å². The number of rotatable bonds is 5. The van der Waals surface area contributed by atoms with Gasteiger partial charge in [0.25, 0.3) is 5.91 Å². The zero-order valence-electron chi connectivity index (χ0n) is 11.4. The van der Waals surface area contributed by atoms with E-state index in [1.54, 1.807) is 18.2 Å². The van der Waals surface area contributed by atoms with E-state index in [4.69, 9.17) is 15.2 Å². The van der Waals surface area contributed by atoms with Crippen LogP contribution in [0, 0.1) is 0 Å². The zero-order chi connectivity index (χ0) is 13.8. The van der Waals surface area contributed by atoms with Crippen LogP contribution in [0.15, 0.2) is 18.2 Å². The first-order valence-corrected chi connectivity index (χ1v) is 6.54. The summed E-state index contributed by atoms with van der Waals surface area (Å²) >= 11 is 0. The fourth-order valence-corrected chi connectivity index (χ4v) is 2.05. The second-order valence-electron chi connectivity index (χ2n) is 4.80. The Balaban J connectivity index is 2.16. The standard InChI is InChI=1S/C14H20N2O3/c1-10(2)16(7-3-6-15)14(17)11-4-5-12-13(8-11)19-9-18-12/h4-5,8,10H,3,6-7,9,15H2,1-2H3. The van der Waals surface area contributed by atoms with Crippen molar-refractivity contribution in [1.29, 1.82) is 0 Å². The molecule has 1 aromatic carbocycles. The van der Waals surface area contributed by atoms with Crippen molar-refractivity contribution in [3.05, 3.63) is 23.8 Å². The summed E-state index contributed by atoms with van der Waals surface area (Å²) in [5, 5.41) is 0. The summed E-state index contributed by atoms with van der Waals surface area (Å²) in [5.41, 5.74) is 6.14. The molecule has 1 heterocycles. The van der Waals surface area contributed by atoms with E-state index in [9.17, 15) is 4.79 Å². The number of hydrogen-bond donors (Lipinski definition) is 1. The van der Waals surface area contributed by atoms with E-state index < -0.39 is 0 Å². The molecule has 0 saturated carbocycles. The van der Waals surface area contributed by atoms with Gasteiger partial charge in [-0.25, -0.2) is 0 Å². The molecule has 0 fully saturated rings. The van der Waals surface area contributed by atoms with Gasteiger partial charge in [-0.05, 0) is 45.0 Å². The summed E-state index contributed by atoms with van der Waals surface area (Å²) in [5.74, 6) is 1.32. The molecule has 5 heteroatoms. The van der Waals surface area contributed by atoms with E-state index in [1.165, 1.54) is 0 Å². The fourth-order valence-electron chi connectivity index (χ4n) is 2.05. The predicted octanol–water partition coefficient (Wildman–Crippen LogP) is 1.61. The number of carbonyl (C=O) groups is 1. The molecule has 19 heavy (non-hydrogen) atoms. The first-order chi connectivity index (χ1) is 9.13. The third-order valence-electron chi connectivity index (χ3n) is 3.11. The number of carbonyl (C=O) groups excluding carboxylic acids is 1. The number of nitrogens with two attached hydrogens (primary N) is 1. The largest absolute Gasteiger partial charge is 0.454 e. The topological polar surface area (TPSA) is 64.8 Å². The van der Waals surface area contributed by atoms with Crippen molar-refractivity contribution in [1.82, 2.24) is 4.90 Å². The summed E-state index contributed by atoms with van der Waals surface area (Å²) in [7, 11) is 0. The first kappa shape index (κ1) is 13.7. The summed E-state index contributed by atoms with van der Waals surface area (Å²) in [4.78, 5) is 14.3. The average molecular weight is 264 g/mol. The van der Waals surface area contributed by atoms with Crippen molar-refractivity contribution in [2.45, 2.75) is 26.3 Å². The summed E-state index contributed by atoms with van der Waals surface area (Å²) in [6.07, 6.45) is 0.800. The Bertz CT molecular complexity index is 460. The molecule has 2 N–H and O–H groups in total. The van der Waals surface area contributed by atoms with Gasteiger partial charge in [0.1, 0.15) is 0 Å². The van der Waals surface area contributed by atoms with Crippen molar-refractivity contribution in [3.8, 4) is 11.5 Å². The van der Waals surface area contributed by atoms with Crippen LogP contribution in [0.4, 0.5) is 0 Å². The Morgan fingerprint density at radius 1 is 1.37 bits per heavy atom. The molecule has 0 aliphatic carbocycles. The van der Waals surface area contributed by atoms with E-state index in [1.807, 2.05) is 18.7 Å². The van der Waals surface area contributed by atoms with Gasteiger partial charge >= 0.3 is 0 Å². The lowest BCUT2D eigenvalue weighted by Gasteiger charge is -2.26. The molecular formula is C14H20N2O3. The third-order valence-corrected chi connectivity index (χ3v) is 3.11. The van der Waals surface area contributed by atoms with Gasteiger partial charge in [-0.15, -0.1) is 0 Å². The quantitative estimate of drug-likeness (QED) is 0.877. The predicted molar refractivity (Wildman–Crippen MR) is 72.4 cm³/mol. The number of fused-ring (bicyclic) bond motifs is 1. The van der Waals surface area contributed by atoms with Crippen LogP contribution in [-0.4, -0.2) is 36.7 Å². The molecule has 1 aliphatic rings. The molecule has 1 aliphatic heterocycles. The number of ether oxygens (including phenoxy) is 2. The Hall–Kier alpha value is -1.75. The molecule has 0 bridgehead atoms. The van der Waals surface area contributed by atoms with Crippen molar-refractivity contribution in [2.75, 3.05) is 19.9 Å². The molecule has 2 rings (SSSR count). The Kier molecular flexibility index (Phi) is 4.27. The summed E-state index contributed by atoms with van der Waals surface area (Å²) in [6, 6.07) is 5.43. The molecular weight excluding hydrogens is 244 g/mol. The van der Waals surface area contributed by atoms with E-state index in [2.05, 4.69) is 0 Å². The van der Waals surface area contributed by atoms with E-state index in [0.29, 0.717) is 30.2 Å². The second kappa shape index (κ2) is 5.93. The Morgan fingerprint density at radius 2 is 2.11 bits per heavy atom. The maximum Gasteiger partial charge on any atom is 0.254 e. The molecule has 0 unspecified atom stereocenters. The van der Waals surface area contributed by atoms with Crippen LogP contribution in [-0.2, 0) is 0 Å². The van der Waals surface area contributed by atoms with Gasteiger partial charge in [-0.2, -0.15) is 0 Å². The van der Waals surface area contributed by atoms with Crippen molar-refractivity contribution in [2.24, 2.45) is 5.73 Å². The van der Waals surface area contributed by atoms with Crippen LogP contribution in [0.5, 0.6) is 11.5 Å². The zero-order valence-corrected chi connectivity index (χ0v) is 11.4. The first-order valence-electron chi connectivity index (χ1n) is 6.54. The van der Waals surface area contributed by atoms with Crippen molar-refractivity contribution in [3.63, 3.8) is 0 Å². The molecule has 0 spiro atoms. The molecule has 0 aromatic heterocycles. The van der Waals surface area contributed by atoms with Crippen molar-refractivity contribution >= 4 is 5.91 Å². The Morgan fingerprint density at radius 3 is 2.79 bits per heavy atom. The van der Waals surface area contributed by atoms with Crippen LogP contribution in [0.3, 0.4) is 0 Å². The molecule has 104 valence electrons. The molecule has 0 atom stereocenters. The van der Waals surface area contributed by atoms with Gasteiger partial charge < -0.3 is 20.1 Å². The van der Waals surface area contributed by atoms with Crippen molar-refractivity contribution < 1.29 is 14.3 Å². The molecule has 5 nitrogen and oxygen atoms in total. The minimum atomic E-state index is 0.00162. The highest BCUT2D eigenvalue weighted by Crippen LogP contribution is 2.32. The van der Waals surface area contributed by atoms with Gasteiger partial charge in [-0.1, -0.05) is 0 Å². The van der Waals surface area contributed by atoms with Crippen LogP contribution in [0.25, 0.3) is 0 Å². The number of amides is 1. The smallest absolute Gasteiger partial charge is 0.254 e. The van der Waals surface area contributed by atoms with Crippen LogP contribution in [0.2, 0.25) is 0 Å². The monoisotopic (exact) mass is 264 g/mol. The van der Waals surface area contributed by atoms with Crippen LogP contribution < -0.4 is 15.2 Å². The lowest BCUT2D eigenvalue weighted by molar-refractivity contribution is 0.0704. The van der Waals surface area contributed by atoms with E-state index in [-0.39, 0.29) is 18.7 Å². The number of hydrogen-bond acceptors (Lipinski definition) is 4. The minimum Gasteiger partial charge on any atom is -0.454 e. The Labute approximate surface area is 113 Å². The van der Waals surface area contributed by atoms with Gasteiger partial charge in [0.2, 0.25) is 6.79 Å². The molecule has 0 radical (unpaired) electrons. The highest BCUT2D eigenvalue weighted by Gasteiger charge is 2.21. The number of benzene rings is 1. The average Bonchev–Trinajstić information content (AvgIpc) is 2.85. The summed E-state index contributed by atoms with van der Waals surface area (Å²) in [6.45, 7) is 5.47. The normalized spacial score (nSPS) is 12.8. The maximum atomic E-state index is 12.5. The molecule has 0 saturated heterocycles. The molecule has 1 amide bonds. The van der Waals surface area contributed by atoms with Gasteiger partial charge in [0, 0.05) is 18.2 Å². The molecule has 1 aromatic rings.